The minimum atomic E-state index is -4.58. The molecule has 10 heteroatoms. The van der Waals surface area contributed by atoms with Gasteiger partial charge in [0.1, 0.15) is 12.1 Å². The molecule has 5 rings (SSSR count). The molecule has 0 fully saturated rings. The zero-order chi connectivity index (χ0) is 34.8. The number of rotatable bonds is 9. The lowest BCUT2D eigenvalue weighted by Gasteiger charge is -2.33. The molecule has 0 radical (unpaired) electrons. The summed E-state index contributed by atoms with van der Waals surface area (Å²) in [6.45, 7) is 16.3. The predicted octanol–water partition coefficient (Wildman–Crippen LogP) is 7.89. The number of allylic oxidation sites excluding steroid dienone is 5. The Bertz CT molecular complexity index is 1790. The Morgan fingerprint density at radius 2 is 1.57 bits per heavy atom. The zero-order valence-electron chi connectivity index (χ0n) is 28.2. The lowest BCUT2D eigenvalue weighted by Crippen LogP contribution is -2.35. The molecule has 0 atom stereocenters. The number of Topliss-reactive ketones (excluding diaryl/α,β-unsaturated/α-hetero) is 1. The largest absolute Gasteiger partial charge is 0.871 e. The van der Waals surface area contributed by atoms with E-state index in [-0.39, 0.29) is 28.3 Å². The first kappa shape index (κ1) is 34.1. The second-order valence-electron chi connectivity index (χ2n) is 14.6. The van der Waals surface area contributed by atoms with E-state index in [0.717, 1.165) is 12.5 Å². The molecule has 0 N–H and O–H groups in total. The summed E-state index contributed by atoms with van der Waals surface area (Å²) in [7, 11) is 0. The number of fused-ring (bicyclic) bond motifs is 2. The van der Waals surface area contributed by atoms with Gasteiger partial charge in [-0.25, -0.2) is 0 Å². The van der Waals surface area contributed by atoms with Crippen LogP contribution >= 0.6 is 0 Å². The standard InChI is InChI=1S/C37H42F3N3O4/c1-21(2)15-17-41-26-12-9-11-25(37(38,39)40)31(26)35(5,6)29(41)19-23-33(44)24(34(23)45)20-30-36(7,8)32-27(42(30)18-16-22(3)4)13-10-14-28(32)43(46)47/h9-14,19-22H,15-18H2,1-8H3. The maximum absolute atomic E-state index is 14.2. The van der Waals surface area contributed by atoms with Crippen molar-refractivity contribution in [1.29, 1.82) is 0 Å². The molecule has 2 aromatic rings. The van der Waals surface area contributed by atoms with Gasteiger partial charge in [0.25, 0.3) is 5.69 Å². The van der Waals surface area contributed by atoms with E-state index < -0.39 is 39.0 Å². The van der Waals surface area contributed by atoms with Gasteiger partial charge in [-0.1, -0.05) is 53.4 Å². The summed E-state index contributed by atoms with van der Waals surface area (Å²) in [6.07, 6.45) is -0.0746. The first-order valence-corrected chi connectivity index (χ1v) is 16.1. The molecule has 3 aliphatic rings. The molecule has 7 nitrogen and oxygen atoms in total. The van der Waals surface area contributed by atoms with Gasteiger partial charge >= 0.3 is 6.18 Å². The summed E-state index contributed by atoms with van der Waals surface area (Å²) in [5, 5.41) is 25.8. The number of carbonyl (C=O) groups excluding carboxylic acids is 1. The monoisotopic (exact) mass is 649 g/mol. The Balaban J connectivity index is 1.64. The zero-order valence-corrected chi connectivity index (χ0v) is 28.2. The Hall–Kier alpha value is -4.21. The molecular weight excluding hydrogens is 607 g/mol. The molecule has 250 valence electrons. The van der Waals surface area contributed by atoms with Crippen LogP contribution in [0.15, 0.2) is 71.2 Å². The number of carbonyl (C=O) groups is 1. The van der Waals surface area contributed by atoms with E-state index in [1.165, 1.54) is 18.2 Å². The van der Waals surface area contributed by atoms with Gasteiger partial charge in [-0.05, 0) is 61.9 Å². The topological polar surface area (TPSA) is 89.5 Å². The van der Waals surface area contributed by atoms with Crippen molar-refractivity contribution in [1.82, 2.24) is 0 Å². The highest BCUT2D eigenvalue weighted by Gasteiger charge is 2.51. The highest BCUT2D eigenvalue weighted by molar-refractivity contribution is 6.24. The normalized spacial score (nSPS) is 20.2. The van der Waals surface area contributed by atoms with Crippen LogP contribution in [-0.2, 0) is 21.8 Å². The number of hydrogen-bond acceptors (Lipinski definition) is 5. The number of nitro benzene ring substituents is 1. The first-order valence-electron chi connectivity index (χ1n) is 16.1. The Kier molecular flexibility index (Phi) is 8.56. The van der Waals surface area contributed by atoms with Crippen LogP contribution in [0.3, 0.4) is 0 Å². The molecule has 0 unspecified atom stereocenters. The van der Waals surface area contributed by atoms with Crippen molar-refractivity contribution >= 4 is 28.6 Å². The van der Waals surface area contributed by atoms with Crippen LogP contribution in [-0.4, -0.2) is 34.1 Å². The van der Waals surface area contributed by atoms with Crippen LogP contribution in [0.25, 0.3) is 0 Å². The van der Waals surface area contributed by atoms with E-state index >= 15 is 0 Å². The third-order valence-electron chi connectivity index (χ3n) is 9.66. The maximum atomic E-state index is 14.2. The van der Waals surface area contributed by atoms with Crippen molar-refractivity contribution in [3.05, 3.63) is 98.0 Å². The molecule has 0 saturated carbocycles. The van der Waals surface area contributed by atoms with Crippen molar-refractivity contribution in [2.75, 3.05) is 18.0 Å². The highest BCUT2D eigenvalue weighted by atomic mass is 19.4. The summed E-state index contributed by atoms with van der Waals surface area (Å²) in [5.41, 5.74) is -0.0536. The molecule has 1 aliphatic carbocycles. The number of nitro groups is 1. The molecule has 0 aromatic heterocycles. The summed E-state index contributed by atoms with van der Waals surface area (Å²) < 4.78 is 44.6. The van der Waals surface area contributed by atoms with Gasteiger partial charge in [0.05, 0.1) is 15.9 Å². The number of benzene rings is 2. The van der Waals surface area contributed by atoms with Gasteiger partial charge < -0.3 is 10.0 Å². The van der Waals surface area contributed by atoms with Crippen LogP contribution in [0.2, 0.25) is 0 Å². The minimum absolute atomic E-state index is 0.0264. The lowest BCUT2D eigenvalue weighted by atomic mass is 9.76. The molecule has 0 amide bonds. The summed E-state index contributed by atoms with van der Waals surface area (Å²) in [5.74, 6) is -0.379. The van der Waals surface area contributed by atoms with Gasteiger partial charge in [-0.2, -0.15) is 17.7 Å². The molecule has 2 aromatic carbocycles. The summed E-state index contributed by atoms with van der Waals surface area (Å²) in [6, 6.07) is 9.06. The average Bonchev–Trinajstić information content (AvgIpc) is 3.33. The molecule has 0 saturated heterocycles. The number of hydrogen-bond donors (Lipinski definition) is 0. The molecule has 47 heavy (non-hydrogen) atoms. The predicted molar refractivity (Wildman–Crippen MR) is 175 cm³/mol. The van der Waals surface area contributed by atoms with Gasteiger partial charge in [-0.3, -0.25) is 14.9 Å². The molecular formula is C37H42F3N3O4. The fourth-order valence-electron chi connectivity index (χ4n) is 7.14. The number of nitrogens with zero attached hydrogens (tertiary/aromatic N) is 3. The molecule has 2 heterocycles. The fraction of sp³-hybridized carbons (Fsp3) is 0.459. The van der Waals surface area contributed by atoms with Gasteiger partial charge in [0.2, 0.25) is 5.69 Å². The van der Waals surface area contributed by atoms with Crippen molar-refractivity contribution in [3.8, 4) is 0 Å². The van der Waals surface area contributed by atoms with E-state index in [9.17, 15) is 33.2 Å². The summed E-state index contributed by atoms with van der Waals surface area (Å²) >= 11 is 0. The number of halogens is 3. The van der Waals surface area contributed by atoms with Gasteiger partial charge in [-0.15, -0.1) is 0 Å². The third kappa shape index (κ3) is 5.69. The SMILES string of the molecule is CC(C)CCN1/C(=C\C2=C([O-])C(=C\C3=[N+](CCC(C)C)c4cccc([N+](=O)[O-])c4C3(C)C)/C2=O)C(C)(C)c2c1cccc2C(F)(F)F. The quantitative estimate of drug-likeness (QED) is 0.119. The van der Waals surface area contributed by atoms with Crippen LogP contribution < -0.4 is 10.0 Å². The number of ketones is 1. The Morgan fingerprint density at radius 1 is 0.936 bits per heavy atom. The molecule has 2 aliphatic heterocycles. The molecule has 0 bridgehead atoms. The maximum Gasteiger partial charge on any atom is 0.416 e. The number of alkyl halides is 3. The van der Waals surface area contributed by atoms with E-state index in [0.29, 0.717) is 53.8 Å². The summed E-state index contributed by atoms with van der Waals surface area (Å²) in [4.78, 5) is 27.2. The van der Waals surface area contributed by atoms with Crippen LogP contribution in [0.1, 0.15) is 84.9 Å². The van der Waals surface area contributed by atoms with Crippen molar-refractivity contribution < 1.29 is 32.6 Å². The smallest absolute Gasteiger partial charge is 0.416 e. The first-order chi connectivity index (χ1) is 21.8. The number of anilines is 1. The van der Waals surface area contributed by atoms with Crippen molar-refractivity contribution in [2.45, 2.75) is 85.2 Å². The Morgan fingerprint density at radius 3 is 2.15 bits per heavy atom. The van der Waals surface area contributed by atoms with Crippen LogP contribution in [0.5, 0.6) is 0 Å². The van der Waals surface area contributed by atoms with Crippen LogP contribution in [0.4, 0.5) is 30.2 Å². The van der Waals surface area contributed by atoms with E-state index in [2.05, 4.69) is 13.8 Å². The van der Waals surface area contributed by atoms with E-state index in [1.54, 1.807) is 32.1 Å². The lowest BCUT2D eigenvalue weighted by molar-refractivity contribution is -0.440. The van der Waals surface area contributed by atoms with E-state index in [4.69, 9.17) is 0 Å². The highest BCUT2D eigenvalue weighted by Crippen LogP contribution is 2.53. The van der Waals surface area contributed by atoms with Gasteiger partial charge in [0, 0.05) is 59.1 Å². The van der Waals surface area contributed by atoms with Crippen LogP contribution in [0, 0.1) is 22.0 Å². The second-order valence-corrected chi connectivity index (χ2v) is 14.6. The molecule has 0 spiro atoms. The van der Waals surface area contributed by atoms with Crippen molar-refractivity contribution in [2.24, 2.45) is 11.8 Å². The van der Waals surface area contributed by atoms with Gasteiger partial charge in [0.15, 0.2) is 11.5 Å². The fourth-order valence-corrected chi connectivity index (χ4v) is 7.14. The third-order valence-corrected chi connectivity index (χ3v) is 9.66. The Labute approximate surface area is 273 Å². The minimum Gasteiger partial charge on any atom is -0.871 e. The second kappa shape index (κ2) is 11.8. The van der Waals surface area contributed by atoms with E-state index in [1.807, 2.05) is 43.2 Å². The van der Waals surface area contributed by atoms with Crippen molar-refractivity contribution in [3.63, 3.8) is 0 Å². The average molecular weight is 650 g/mol.